The molecule has 0 radical (unpaired) electrons. The molecule has 0 aliphatic heterocycles. The normalized spacial score (nSPS) is 10.4. The molecule has 0 aliphatic carbocycles. The predicted molar refractivity (Wildman–Crippen MR) is 84.0 cm³/mol. The van der Waals surface area contributed by atoms with E-state index in [2.05, 4.69) is 15.3 Å². The molecule has 0 saturated carbocycles. The summed E-state index contributed by atoms with van der Waals surface area (Å²) in [7, 11) is 3.30. The number of hydrogen-bond acceptors (Lipinski definition) is 6. The molecule has 5 nitrogen and oxygen atoms in total. The average molecular weight is 305 g/mol. The summed E-state index contributed by atoms with van der Waals surface area (Å²) < 4.78 is 10.5. The Morgan fingerprint density at radius 2 is 2.00 bits per heavy atom. The molecule has 0 unspecified atom stereocenters. The second-order valence-corrected chi connectivity index (χ2v) is 5.29. The van der Waals surface area contributed by atoms with Crippen LogP contribution in [0.4, 0.5) is 5.82 Å². The number of anilines is 1. The number of nitrogens with zero attached hydrogens (tertiary/aromatic N) is 2. The molecule has 1 N–H and O–H groups in total. The van der Waals surface area contributed by atoms with Gasteiger partial charge in [-0.25, -0.2) is 9.97 Å². The van der Waals surface area contributed by atoms with Crippen LogP contribution >= 0.6 is 11.8 Å². The lowest BCUT2D eigenvalue weighted by Crippen LogP contribution is -2.05. The fourth-order valence-corrected chi connectivity index (χ4v) is 2.75. The molecule has 2 rings (SSSR count). The lowest BCUT2D eigenvalue weighted by Gasteiger charge is -2.10. The zero-order valence-corrected chi connectivity index (χ0v) is 13.2. The van der Waals surface area contributed by atoms with Gasteiger partial charge in [0.1, 0.15) is 23.2 Å². The van der Waals surface area contributed by atoms with Gasteiger partial charge in [-0.05, 0) is 19.1 Å². The van der Waals surface area contributed by atoms with Crippen LogP contribution in [0.3, 0.4) is 0 Å². The number of ether oxygens (including phenoxy) is 2. The SMILES string of the molecule is CCNc1cc(Sc2ccccc2OC)nc(COC)n1. The molecule has 0 aliphatic rings. The monoisotopic (exact) mass is 305 g/mol. The topological polar surface area (TPSA) is 56.3 Å². The van der Waals surface area contributed by atoms with Gasteiger partial charge in [-0.2, -0.15) is 0 Å². The molecule has 6 heteroatoms. The number of rotatable bonds is 7. The van der Waals surface area contributed by atoms with Crippen LogP contribution in [0, 0.1) is 0 Å². The van der Waals surface area contributed by atoms with Crippen molar-refractivity contribution in [3.63, 3.8) is 0 Å². The third-order valence-corrected chi connectivity index (χ3v) is 3.64. The first-order chi connectivity index (χ1) is 10.3. The maximum atomic E-state index is 5.37. The predicted octanol–water partition coefficient (Wildman–Crippen LogP) is 3.21. The zero-order chi connectivity index (χ0) is 15.1. The average Bonchev–Trinajstić information content (AvgIpc) is 2.48. The fraction of sp³-hybridized carbons (Fsp3) is 0.333. The summed E-state index contributed by atoms with van der Waals surface area (Å²) in [5.74, 6) is 2.30. The summed E-state index contributed by atoms with van der Waals surface area (Å²) in [4.78, 5) is 9.93. The Balaban J connectivity index is 2.29. The van der Waals surface area contributed by atoms with Crippen LogP contribution in [0.25, 0.3) is 0 Å². The van der Waals surface area contributed by atoms with Gasteiger partial charge in [-0.1, -0.05) is 23.9 Å². The number of methoxy groups -OCH3 is 2. The van der Waals surface area contributed by atoms with Crippen LogP contribution in [-0.2, 0) is 11.3 Å². The van der Waals surface area contributed by atoms with Gasteiger partial charge in [-0.3, -0.25) is 0 Å². The third kappa shape index (κ3) is 4.34. The van der Waals surface area contributed by atoms with Crippen molar-refractivity contribution in [1.82, 2.24) is 9.97 Å². The molecule has 1 heterocycles. The smallest absolute Gasteiger partial charge is 0.157 e. The van der Waals surface area contributed by atoms with Gasteiger partial charge in [0.05, 0.1) is 12.0 Å². The van der Waals surface area contributed by atoms with E-state index >= 15 is 0 Å². The molecule has 112 valence electrons. The molecule has 0 amide bonds. The van der Waals surface area contributed by atoms with E-state index in [1.807, 2.05) is 37.3 Å². The first-order valence-electron chi connectivity index (χ1n) is 6.68. The van der Waals surface area contributed by atoms with E-state index in [4.69, 9.17) is 9.47 Å². The first-order valence-corrected chi connectivity index (χ1v) is 7.50. The largest absolute Gasteiger partial charge is 0.496 e. The molecule has 1 aromatic carbocycles. The molecule has 0 fully saturated rings. The minimum Gasteiger partial charge on any atom is -0.496 e. The molecule has 0 saturated heterocycles. The van der Waals surface area contributed by atoms with E-state index in [9.17, 15) is 0 Å². The summed E-state index contributed by atoms with van der Waals surface area (Å²) in [6.45, 7) is 3.23. The van der Waals surface area contributed by atoms with Gasteiger partial charge >= 0.3 is 0 Å². The first kappa shape index (κ1) is 15.6. The van der Waals surface area contributed by atoms with Crippen molar-refractivity contribution in [3.8, 4) is 5.75 Å². The van der Waals surface area contributed by atoms with Crippen LogP contribution in [0.1, 0.15) is 12.7 Å². The maximum Gasteiger partial charge on any atom is 0.157 e. The number of nitrogens with one attached hydrogen (secondary N) is 1. The second kappa shape index (κ2) is 7.85. The van der Waals surface area contributed by atoms with Gasteiger partial charge in [0.2, 0.25) is 0 Å². The summed E-state index contributed by atoms with van der Waals surface area (Å²) in [5, 5.41) is 4.07. The Kier molecular flexibility index (Phi) is 5.83. The van der Waals surface area contributed by atoms with E-state index in [1.54, 1.807) is 26.0 Å². The van der Waals surface area contributed by atoms with Crippen molar-refractivity contribution in [2.45, 2.75) is 23.5 Å². The minimum atomic E-state index is 0.388. The van der Waals surface area contributed by atoms with Crippen molar-refractivity contribution in [1.29, 1.82) is 0 Å². The van der Waals surface area contributed by atoms with Crippen molar-refractivity contribution in [2.75, 3.05) is 26.1 Å². The Bertz CT molecular complexity index is 569. The van der Waals surface area contributed by atoms with Crippen LogP contribution in [0.2, 0.25) is 0 Å². The molecule has 1 aromatic heterocycles. The zero-order valence-electron chi connectivity index (χ0n) is 12.4. The summed E-state index contributed by atoms with van der Waals surface area (Å²) in [6, 6.07) is 9.80. The molecular formula is C15H19N3O2S. The highest BCUT2D eigenvalue weighted by atomic mass is 32.2. The Morgan fingerprint density at radius 3 is 2.71 bits per heavy atom. The van der Waals surface area contributed by atoms with E-state index in [0.29, 0.717) is 12.4 Å². The number of hydrogen-bond donors (Lipinski definition) is 1. The highest BCUT2D eigenvalue weighted by Crippen LogP contribution is 2.34. The van der Waals surface area contributed by atoms with Crippen molar-refractivity contribution < 1.29 is 9.47 Å². The maximum absolute atomic E-state index is 5.37. The molecular weight excluding hydrogens is 286 g/mol. The number of benzene rings is 1. The summed E-state index contributed by atoms with van der Waals surface area (Å²) >= 11 is 1.55. The van der Waals surface area contributed by atoms with Crippen LogP contribution in [-0.4, -0.2) is 30.7 Å². The summed E-state index contributed by atoms with van der Waals surface area (Å²) in [6.07, 6.45) is 0. The van der Waals surface area contributed by atoms with Crippen LogP contribution < -0.4 is 10.1 Å². The Hall–Kier alpha value is -1.79. The van der Waals surface area contributed by atoms with E-state index in [-0.39, 0.29) is 0 Å². The van der Waals surface area contributed by atoms with Gasteiger partial charge in [0.25, 0.3) is 0 Å². The highest BCUT2D eigenvalue weighted by molar-refractivity contribution is 7.99. The third-order valence-electron chi connectivity index (χ3n) is 2.66. The lowest BCUT2D eigenvalue weighted by molar-refractivity contribution is 0.177. The number of para-hydroxylation sites is 1. The van der Waals surface area contributed by atoms with Gasteiger partial charge in [0.15, 0.2) is 5.82 Å². The standard InChI is InChI=1S/C15H19N3O2S/c1-4-16-13-9-15(18-14(17-13)10-19-2)21-12-8-6-5-7-11(12)20-3/h5-9H,4,10H2,1-3H3,(H,16,17,18). The molecule has 0 atom stereocenters. The van der Waals surface area contributed by atoms with Crippen molar-refractivity contribution >= 4 is 17.6 Å². The molecule has 21 heavy (non-hydrogen) atoms. The Labute approximate surface area is 129 Å². The number of aromatic nitrogens is 2. The minimum absolute atomic E-state index is 0.388. The van der Waals surface area contributed by atoms with Crippen LogP contribution in [0.5, 0.6) is 5.75 Å². The van der Waals surface area contributed by atoms with E-state index < -0.39 is 0 Å². The quantitative estimate of drug-likeness (QED) is 0.793. The second-order valence-electron chi connectivity index (χ2n) is 4.22. The van der Waals surface area contributed by atoms with E-state index in [0.717, 1.165) is 28.0 Å². The van der Waals surface area contributed by atoms with Crippen molar-refractivity contribution in [2.24, 2.45) is 0 Å². The molecule has 2 aromatic rings. The fourth-order valence-electron chi connectivity index (χ4n) is 1.81. The Morgan fingerprint density at radius 1 is 1.19 bits per heavy atom. The lowest BCUT2D eigenvalue weighted by atomic mass is 10.3. The van der Waals surface area contributed by atoms with Gasteiger partial charge in [-0.15, -0.1) is 0 Å². The highest BCUT2D eigenvalue weighted by Gasteiger charge is 2.09. The molecule has 0 spiro atoms. The van der Waals surface area contributed by atoms with E-state index in [1.165, 1.54) is 0 Å². The van der Waals surface area contributed by atoms with Gasteiger partial charge < -0.3 is 14.8 Å². The summed E-state index contributed by atoms with van der Waals surface area (Å²) in [5.41, 5.74) is 0. The van der Waals surface area contributed by atoms with Gasteiger partial charge in [0, 0.05) is 19.7 Å². The molecule has 0 bridgehead atoms. The van der Waals surface area contributed by atoms with Crippen molar-refractivity contribution in [3.05, 3.63) is 36.2 Å². The van der Waals surface area contributed by atoms with Crippen LogP contribution in [0.15, 0.2) is 40.3 Å².